The average Bonchev–Trinajstić information content (AvgIpc) is 3.30. The molecule has 0 amide bonds. The lowest BCUT2D eigenvalue weighted by atomic mass is 10.5. The predicted molar refractivity (Wildman–Crippen MR) is 89.5 cm³/mol. The van der Waals surface area contributed by atoms with E-state index in [1.807, 2.05) is 41.9 Å². The van der Waals surface area contributed by atoms with Crippen LogP contribution in [0.3, 0.4) is 0 Å². The van der Waals surface area contributed by atoms with Crippen LogP contribution in [0.5, 0.6) is 0 Å². The van der Waals surface area contributed by atoms with Crippen LogP contribution in [0.4, 0.5) is 0 Å². The molecular weight excluding hydrogens is 352 g/mol. The molecule has 4 heterocycles. The highest BCUT2D eigenvalue weighted by atomic mass is 32.2. The van der Waals surface area contributed by atoms with Crippen LogP contribution < -0.4 is 0 Å². The average molecular weight is 362 g/mol. The van der Waals surface area contributed by atoms with Gasteiger partial charge in [-0.25, -0.2) is 0 Å². The van der Waals surface area contributed by atoms with Crippen molar-refractivity contribution in [3.63, 3.8) is 0 Å². The number of nitrogens with zero attached hydrogens (tertiary/aromatic N) is 4. The Labute approximate surface area is 143 Å². The smallest absolute Gasteiger partial charge is 0.277 e. The zero-order valence-corrected chi connectivity index (χ0v) is 14.3. The highest BCUT2D eigenvalue weighted by Gasteiger charge is 2.20. The van der Waals surface area contributed by atoms with Crippen molar-refractivity contribution in [1.29, 1.82) is 0 Å². The minimum atomic E-state index is -0.0761. The van der Waals surface area contributed by atoms with Crippen LogP contribution in [0.2, 0.25) is 0 Å². The van der Waals surface area contributed by atoms with Crippen molar-refractivity contribution in [3.8, 4) is 21.5 Å². The van der Waals surface area contributed by atoms with Gasteiger partial charge in [-0.1, -0.05) is 23.9 Å². The van der Waals surface area contributed by atoms with Crippen molar-refractivity contribution >= 4 is 34.4 Å². The van der Waals surface area contributed by atoms with Crippen molar-refractivity contribution in [2.45, 2.75) is 17.4 Å². The van der Waals surface area contributed by atoms with Gasteiger partial charge >= 0.3 is 0 Å². The molecule has 0 bridgehead atoms. The van der Waals surface area contributed by atoms with E-state index in [1.165, 1.54) is 11.8 Å². The second kappa shape index (κ2) is 6.26. The molecule has 0 aliphatic heterocycles. The fourth-order valence-corrected chi connectivity index (χ4v) is 3.86. The number of thiophene rings is 2. The maximum Gasteiger partial charge on any atom is 0.277 e. The van der Waals surface area contributed by atoms with Crippen LogP contribution in [-0.4, -0.2) is 20.4 Å². The summed E-state index contributed by atoms with van der Waals surface area (Å²) in [5.74, 6) is 1.60. The van der Waals surface area contributed by atoms with Crippen LogP contribution in [0, 0.1) is 0 Å². The minimum absolute atomic E-state index is 0.0761. The lowest BCUT2D eigenvalue weighted by Gasteiger charge is -2.01. The molecule has 0 N–H and O–H groups in total. The first-order valence-electron chi connectivity index (χ1n) is 6.71. The van der Waals surface area contributed by atoms with Crippen LogP contribution in [0.1, 0.15) is 18.1 Å². The van der Waals surface area contributed by atoms with E-state index in [9.17, 15) is 0 Å². The monoisotopic (exact) mass is 362 g/mol. The molecule has 0 radical (unpaired) electrons. The van der Waals surface area contributed by atoms with Gasteiger partial charge in [0.25, 0.3) is 17.0 Å². The first-order chi connectivity index (χ1) is 11.3. The molecule has 4 aromatic rings. The van der Waals surface area contributed by atoms with E-state index < -0.39 is 0 Å². The molecule has 0 aliphatic carbocycles. The molecule has 23 heavy (non-hydrogen) atoms. The van der Waals surface area contributed by atoms with E-state index in [4.69, 9.17) is 8.83 Å². The quantitative estimate of drug-likeness (QED) is 0.473. The second-order valence-corrected chi connectivity index (χ2v) is 7.72. The Bertz CT molecular complexity index is 883. The highest BCUT2D eigenvalue weighted by Crippen LogP contribution is 2.36. The summed E-state index contributed by atoms with van der Waals surface area (Å²) in [5.41, 5.74) is 0. The molecule has 4 aromatic heterocycles. The van der Waals surface area contributed by atoms with Crippen molar-refractivity contribution in [3.05, 3.63) is 40.9 Å². The number of hydrogen-bond acceptors (Lipinski definition) is 9. The topological polar surface area (TPSA) is 77.8 Å². The lowest BCUT2D eigenvalue weighted by Crippen LogP contribution is -1.88. The van der Waals surface area contributed by atoms with Crippen LogP contribution in [-0.2, 0) is 0 Å². The fourth-order valence-electron chi connectivity index (χ4n) is 1.86. The Morgan fingerprint density at radius 1 is 0.913 bits per heavy atom. The van der Waals surface area contributed by atoms with E-state index in [0.29, 0.717) is 22.9 Å². The number of rotatable bonds is 5. The Morgan fingerprint density at radius 3 is 2.22 bits per heavy atom. The number of hydrogen-bond donors (Lipinski definition) is 0. The molecule has 9 heteroatoms. The van der Waals surface area contributed by atoms with Crippen molar-refractivity contribution in [1.82, 2.24) is 20.4 Å². The Morgan fingerprint density at radius 2 is 1.57 bits per heavy atom. The standard InChI is InChI=1S/C14H10N4O2S3/c1-8(11-15-16-12(19-11)9-4-2-6-21-9)23-14-18-17-13(20-14)10-5-3-7-22-10/h2-8H,1H3/t8-/m1/s1. The summed E-state index contributed by atoms with van der Waals surface area (Å²) < 4.78 is 11.4. The van der Waals surface area contributed by atoms with E-state index in [1.54, 1.807) is 22.7 Å². The summed E-state index contributed by atoms with van der Waals surface area (Å²) in [6.45, 7) is 1.96. The molecule has 1 atom stereocenters. The molecule has 116 valence electrons. The number of aromatic nitrogens is 4. The third kappa shape index (κ3) is 3.07. The Kier molecular flexibility index (Phi) is 3.98. The summed E-state index contributed by atoms with van der Waals surface area (Å²) in [5, 5.41) is 20.7. The van der Waals surface area contributed by atoms with E-state index >= 15 is 0 Å². The first kappa shape index (κ1) is 14.6. The van der Waals surface area contributed by atoms with E-state index in [0.717, 1.165) is 9.75 Å². The Balaban J connectivity index is 1.49. The van der Waals surface area contributed by atoms with Crippen LogP contribution in [0.25, 0.3) is 21.5 Å². The minimum Gasteiger partial charge on any atom is -0.419 e. The summed E-state index contributed by atoms with van der Waals surface area (Å²) in [6, 6.07) is 7.79. The van der Waals surface area contributed by atoms with Crippen molar-refractivity contribution in [2.24, 2.45) is 0 Å². The molecule has 0 aliphatic rings. The van der Waals surface area contributed by atoms with Crippen molar-refractivity contribution < 1.29 is 8.83 Å². The van der Waals surface area contributed by atoms with Gasteiger partial charge < -0.3 is 8.83 Å². The lowest BCUT2D eigenvalue weighted by molar-refractivity contribution is 0.462. The van der Waals surface area contributed by atoms with Gasteiger partial charge in [-0.3, -0.25) is 0 Å². The van der Waals surface area contributed by atoms with Gasteiger partial charge in [0.1, 0.15) is 0 Å². The van der Waals surface area contributed by atoms with Gasteiger partial charge in [0.15, 0.2) is 0 Å². The molecule has 0 saturated carbocycles. The maximum atomic E-state index is 5.72. The summed E-state index contributed by atoms with van der Waals surface area (Å²) in [6.07, 6.45) is 0. The van der Waals surface area contributed by atoms with Crippen molar-refractivity contribution in [2.75, 3.05) is 0 Å². The summed E-state index contributed by atoms with van der Waals surface area (Å²) in [4.78, 5) is 1.91. The number of thioether (sulfide) groups is 1. The second-order valence-electron chi connectivity index (χ2n) is 4.53. The molecule has 0 saturated heterocycles. The molecule has 0 aromatic carbocycles. The molecule has 6 nitrogen and oxygen atoms in total. The van der Waals surface area contributed by atoms with Gasteiger partial charge in [0.2, 0.25) is 5.89 Å². The molecule has 4 rings (SSSR count). The molecule has 0 fully saturated rings. The van der Waals surface area contributed by atoms with Gasteiger partial charge in [0, 0.05) is 0 Å². The first-order valence-corrected chi connectivity index (χ1v) is 9.35. The predicted octanol–water partition coefficient (Wildman–Crippen LogP) is 4.76. The third-order valence-electron chi connectivity index (χ3n) is 2.94. The van der Waals surface area contributed by atoms with Crippen LogP contribution >= 0.6 is 34.4 Å². The largest absolute Gasteiger partial charge is 0.419 e. The van der Waals surface area contributed by atoms with Crippen LogP contribution in [0.15, 0.2) is 49.1 Å². The highest BCUT2D eigenvalue weighted by molar-refractivity contribution is 7.99. The molecule has 0 spiro atoms. The van der Waals surface area contributed by atoms with Gasteiger partial charge in [0.05, 0.1) is 15.0 Å². The Hall–Kier alpha value is -1.97. The van der Waals surface area contributed by atoms with E-state index in [-0.39, 0.29) is 5.25 Å². The van der Waals surface area contributed by atoms with E-state index in [2.05, 4.69) is 20.4 Å². The van der Waals surface area contributed by atoms with Gasteiger partial charge in [-0.15, -0.1) is 43.1 Å². The maximum absolute atomic E-state index is 5.72. The SMILES string of the molecule is C[C@@H](Sc1nnc(-c2cccs2)o1)c1nnc(-c2cccs2)o1. The summed E-state index contributed by atoms with van der Waals surface area (Å²) in [7, 11) is 0. The summed E-state index contributed by atoms with van der Waals surface area (Å²) >= 11 is 4.52. The zero-order chi connectivity index (χ0) is 15.6. The molecular formula is C14H10N4O2S3. The van der Waals surface area contributed by atoms with Gasteiger partial charge in [-0.05, 0) is 29.8 Å². The zero-order valence-electron chi connectivity index (χ0n) is 11.9. The third-order valence-corrected chi connectivity index (χ3v) is 5.57. The fraction of sp³-hybridized carbons (Fsp3) is 0.143. The van der Waals surface area contributed by atoms with Gasteiger partial charge in [-0.2, -0.15) is 0 Å². The normalized spacial score (nSPS) is 12.6. The molecule has 0 unspecified atom stereocenters.